The minimum absolute atomic E-state index is 0.258. The normalized spacial score (nSPS) is 16.3. The highest BCUT2D eigenvalue weighted by molar-refractivity contribution is 4.79. The average molecular weight is 258 g/mol. The zero-order valence-electron chi connectivity index (χ0n) is 14.9. The fourth-order valence-electron chi connectivity index (χ4n) is 2.00. The molecule has 0 heterocycles. The van der Waals surface area contributed by atoms with Crippen LogP contribution in [-0.4, -0.2) is 6.04 Å². The van der Waals surface area contributed by atoms with Gasteiger partial charge in [0.05, 0.1) is 0 Å². The fraction of sp³-hybridized carbons (Fsp3) is 1.00. The van der Waals surface area contributed by atoms with Crippen LogP contribution in [0, 0.1) is 28.6 Å². The molecule has 0 aliphatic heterocycles. The van der Waals surface area contributed by atoms with Crippen molar-refractivity contribution in [3.05, 3.63) is 0 Å². The highest BCUT2D eigenvalue weighted by Gasteiger charge is 2.23. The summed E-state index contributed by atoms with van der Waals surface area (Å²) in [5, 5.41) is 0. The number of nitrogens with two attached hydrogens (primary N) is 1. The van der Waals surface area contributed by atoms with E-state index in [9.17, 15) is 0 Å². The average Bonchev–Trinajstić information content (AvgIpc) is 2.13. The van der Waals surface area contributed by atoms with E-state index in [0.717, 1.165) is 11.8 Å². The predicted octanol–water partition coefficient (Wildman–Crippen LogP) is 5.34. The van der Waals surface area contributed by atoms with Crippen LogP contribution < -0.4 is 5.73 Å². The highest BCUT2D eigenvalue weighted by atomic mass is 14.7. The van der Waals surface area contributed by atoms with Gasteiger partial charge in [0.1, 0.15) is 0 Å². The van der Waals surface area contributed by atoms with Crippen molar-refractivity contribution in [3.8, 4) is 0 Å². The zero-order chi connectivity index (χ0) is 15.3. The molecular formula is C17H39N. The molecule has 1 heteroatoms. The van der Waals surface area contributed by atoms with Crippen molar-refractivity contribution in [2.24, 2.45) is 34.3 Å². The SMILES string of the molecule is CC(C)[C@@H](N)C(C)(C)C.CC(C)[C@H](C)C(C)(C)C. The molecule has 1 nitrogen and oxygen atoms in total. The molecule has 0 aromatic rings. The van der Waals surface area contributed by atoms with Gasteiger partial charge in [-0.15, -0.1) is 0 Å². The molecule has 0 aromatic heterocycles. The van der Waals surface area contributed by atoms with Crippen LogP contribution in [0.25, 0.3) is 0 Å². The van der Waals surface area contributed by atoms with Gasteiger partial charge in [-0.05, 0) is 28.6 Å². The topological polar surface area (TPSA) is 26.0 Å². The summed E-state index contributed by atoms with van der Waals surface area (Å²) in [7, 11) is 0. The monoisotopic (exact) mass is 257 g/mol. The molecule has 0 unspecified atom stereocenters. The van der Waals surface area contributed by atoms with Crippen LogP contribution in [0.15, 0.2) is 0 Å². The smallest absolute Gasteiger partial charge is 0.0111 e. The molecule has 0 amide bonds. The van der Waals surface area contributed by atoms with Gasteiger partial charge < -0.3 is 5.73 Å². The Bertz CT molecular complexity index is 179. The summed E-state index contributed by atoms with van der Waals surface area (Å²) < 4.78 is 0. The van der Waals surface area contributed by atoms with Crippen LogP contribution >= 0.6 is 0 Å². The predicted molar refractivity (Wildman–Crippen MR) is 85.7 cm³/mol. The summed E-state index contributed by atoms with van der Waals surface area (Å²) in [5.74, 6) is 2.22. The van der Waals surface area contributed by atoms with Crippen LogP contribution in [0.4, 0.5) is 0 Å². The standard InChI is InChI=1S/C9H20.C8H19N/c1-7(2)8(3)9(4,5)6;1-6(2)7(9)8(3,4)5/h7-8H,1-6H3;6-7H,9H2,1-5H3/t8-;7-/m01/s1. The lowest BCUT2D eigenvalue weighted by Gasteiger charge is -2.30. The first kappa shape index (κ1) is 20.3. The van der Waals surface area contributed by atoms with Crippen molar-refractivity contribution in [1.29, 1.82) is 0 Å². The van der Waals surface area contributed by atoms with E-state index in [0.29, 0.717) is 17.4 Å². The van der Waals surface area contributed by atoms with Gasteiger partial charge in [-0.1, -0.05) is 76.2 Å². The van der Waals surface area contributed by atoms with E-state index in [1.54, 1.807) is 0 Å². The molecule has 18 heavy (non-hydrogen) atoms. The Morgan fingerprint density at radius 2 is 0.944 bits per heavy atom. The molecule has 0 spiro atoms. The molecule has 112 valence electrons. The second kappa shape index (κ2) is 7.53. The summed E-state index contributed by atoms with van der Waals surface area (Å²) >= 11 is 0. The van der Waals surface area contributed by atoms with Crippen molar-refractivity contribution >= 4 is 0 Å². The first-order chi connectivity index (χ1) is 7.71. The molecule has 0 rings (SSSR count). The first-order valence-electron chi connectivity index (χ1n) is 7.46. The molecule has 0 aliphatic rings. The Labute approximate surface area is 117 Å². The van der Waals surface area contributed by atoms with Gasteiger partial charge in [0, 0.05) is 6.04 Å². The van der Waals surface area contributed by atoms with Gasteiger partial charge in [0.25, 0.3) is 0 Å². The van der Waals surface area contributed by atoms with Crippen LogP contribution in [0.3, 0.4) is 0 Å². The van der Waals surface area contributed by atoms with Crippen molar-refractivity contribution in [2.45, 2.75) is 82.2 Å². The third kappa shape index (κ3) is 8.97. The number of rotatable bonds is 2. The summed E-state index contributed by atoms with van der Waals surface area (Å²) in [6.07, 6.45) is 0. The molecule has 0 bridgehead atoms. The summed E-state index contributed by atoms with van der Waals surface area (Å²) in [6.45, 7) is 24.7. The maximum absolute atomic E-state index is 5.89. The van der Waals surface area contributed by atoms with Gasteiger partial charge in [-0.3, -0.25) is 0 Å². The molecule has 2 atom stereocenters. The Kier molecular flexibility index (Phi) is 8.48. The van der Waals surface area contributed by atoms with Gasteiger partial charge in [0.2, 0.25) is 0 Å². The first-order valence-corrected chi connectivity index (χ1v) is 7.46. The molecule has 0 fully saturated rings. The van der Waals surface area contributed by atoms with E-state index in [-0.39, 0.29) is 5.41 Å². The zero-order valence-corrected chi connectivity index (χ0v) is 14.9. The lowest BCUT2D eigenvalue weighted by Crippen LogP contribution is -2.39. The molecule has 0 saturated carbocycles. The highest BCUT2D eigenvalue weighted by Crippen LogP contribution is 2.30. The summed E-state index contributed by atoms with van der Waals surface area (Å²) in [5.41, 5.74) is 6.63. The third-order valence-corrected chi connectivity index (χ3v) is 4.08. The Hall–Kier alpha value is -0.0400. The minimum atomic E-state index is 0.258. The maximum Gasteiger partial charge on any atom is 0.0111 e. The van der Waals surface area contributed by atoms with Crippen molar-refractivity contribution in [1.82, 2.24) is 0 Å². The van der Waals surface area contributed by atoms with Gasteiger partial charge in [-0.2, -0.15) is 0 Å². The molecule has 0 aromatic carbocycles. The van der Waals surface area contributed by atoms with E-state index in [1.165, 1.54) is 0 Å². The number of hydrogen-bond donors (Lipinski definition) is 1. The van der Waals surface area contributed by atoms with Crippen LogP contribution in [0.5, 0.6) is 0 Å². The van der Waals surface area contributed by atoms with E-state index >= 15 is 0 Å². The Morgan fingerprint density at radius 3 is 0.944 bits per heavy atom. The summed E-state index contributed by atoms with van der Waals surface area (Å²) in [6, 6.07) is 0.317. The van der Waals surface area contributed by atoms with Gasteiger partial charge >= 0.3 is 0 Å². The van der Waals surface area contributed by atoms with E-state index in [1.807, 2.05) is 0 Å². The Morgan fingerprint density at radius 1 is 0.611 bits per heavy atom. The molecule has 0 aliphatic carbocycles. The van der Waals surface area contributed by atoms with Crippen molar-refractivity contribution < 1.29 is 0 Å². The summed E-state index contributed by atoms with van der Waals surface area (Å²) in [4.78, 5) is 0. The maximum atomic E-state index is 5.89. The molecular weight excluding hydrogens is 218 g/mol. The largest absolute Gasteiger partial charge is 0.327 e. The molecule has 0 radical (unpaired) electrons. The van der Waals surface area contributed by atoms with E-state index in [4.69, 9.17) is 5.73 Å². The van der Waals surface area contributed by atoms with Crippen molar-refractivity contribution in [2.75, 3.05) is 0 Å². The lowest BCUT2D eigenvalue weighted by molar-refractivity contribution is 0.199. The lowest BCUT2D eigenvalue weighted by atomic mass is 9.76. The number of hydrogen-bond acceptors (Lipinski definition) is 1. The Balaban J connectivity index is 0. The fourth-order valence-corrected chi connectivity index (χ4v) is 2.00. The van der Waals surface area contributed by atoms with Crippen LogP contribution in [-0.2, 0) is 0 Å². The van der Waals surface area contributed by atoms with Crippen LogP contribution in [0.1, 0.15) is 76.2 Å². The quantitative estimate of drug-likeness (QED) is 0.710. The minimum Gasteiger partial charge on any atom is -0.327 e. The second-order valence-corrected chi connectivity index (χ2v) is 8.53. The van der Waals surface area contributed by atoms with Gasteiger partial charge in [-0.25, -0.2) is 0 Å². The van der Waals surface area contributed by atoms with Crippen molar-refractivity contribution in [3.63, 3.8) is 0 Å². The molecule has 0 saturated heterocycles. The third-order valence-electron chi connectivity index (χ3n) is 4.08. The van der Waals surface area contributed by atoms with E-state index in [2.05, 4.69) is 76.2 Å². The molecule has 2 N–H and O–H groups in total. The van der Waals surface area contributed by atoms with Gasteiger partial charge in [0.15, 0.2) is 0 Å². The van der Waals surface area contributed by atoms with E-state index < -0.39 is 0 Å². The van der Waals surface area contributed by atoms with Crippen LogP contribution in [0.2, 0.25) is 0 Å². The second-order valence-electron chi connectivity index (χ2n) is 8.53.